The van der Waals surface area contributed by atoms with E-state index in [0.717, 1.165) is 13.0 Å². The quantitative estimate of drug-likeness (QED) is 0.482. The lowest BCUT2D eigenvalue weighted by Gasteiger charge is -2.15. The number of hydrogen-bond donors (Lipinski definition) is 0. The summed E-state index contributed by atoms with van der Waals surface area (Å²) in [5.41, 5.74) is 0.675. The number of carbonyl (C=O) groups excluding carboxylic acids is 1. The Kier molecular flexibility index (Phi) is 5.85. The molecule has 0 aromatic carbocycles. The molecule has 0 aliphatic rings. The molecule has 13 heavy (non-hydrogen) atoms. The van der Waals surface area contributed by atoms with E-state index in [1.165, 1.54) is 0 Å². The highest BCUT2D eigenvalue weighted by atomic mass is 16.2. The van der Waals surface area contributed by atoms with Gasteiger partial charge in [0.15, 0.2) is 0 Å². The summed E-state index contributed by atoms with van der Waals surface area (Å²) in [5.74, 6) is 0.0486. The number of aliphatic imine (C=N–C) groups is 1. The minimum atomic E-state index is 0.0486. The largest absolute Gasteiger partial charge is 0.342 e. The minimum Gasteiger partial charge on any atom is -0.342 e. The van der Waals surface area contributed by atoms with Crippen molar-refractivity contribution in [3.63, 3.8) is 0 Å². The molecule has 3 nitrogen and oxygen atoms in total. The standard InChI is InChI=1S/C10H18N2O/c1-5-7-12(4)10(13)9(3)8-11-6-2/h6,8H,5,7H2,1-4H3/b9-8+,11-6?. The Balaban J connectivity index is 4.24. The summed E-state index contributed by atoms with van der Waals surface area (Å²) in [6.07, 6.45) is 4.23. The highest BCUT2D eigenvalue weighted by Gasteiger charge is 2.08. The number of rotatable bonds is 4. The molecule has 0 heterocycles. The summed E-state index contributed by atoms with van der Waals surface area (Å²) >= 11 is 0. The fraction of sp³-hybridized carbons (Fsp3) is 0.600. The SMILES string of the molecule is CC=N/C=C(\C)C(=O)N(C)CCC. The van der Waals surface area contributed by atoms with E-state index in [1.54, 1.807) is 31.3 Å². The van der Waals surface area contributed by atoms with E-state index in [-0.39, 0.29) is 5.91 Å². The number of likely N-dealkylation sites (N-methyl/N-ethyl adjacent to an activating group) is 1. The van der Waals surface area contributed by atoms with Gasteiger partial charge in [-0.15, -0.1) is 0 Å². The first-order chi connectivity index (χ1) is 6.13. The van der Waals surface area contributed by atoms with Crippen LogP contribution >= 0.6 is 0 Å². The molecule has 0 saturated carbocycles. The summed E-state index contributed by atoms with van der Waals surface area (Å²) in [6, 6.07) is 0. The summed E-state index contributed by atoms with van der Waals surface area (Å²) in [4.78, 5) is 17.1. The third-order valence-electron chi connectivity index (χ3n) is 1.66. The second-order valence-corrected chi connectivity index (χ2v) is 2.95. The maximum absolute atomic E-state index is 11.5. The van der Waals surface area contributed by atoms with Crippen LogP contribution in [0, 0.1) is 0 Å². The van der Waals surface area contributed by atoms with Crippen LogP contribution < -0.4 is 0 Å². The van der Waals surface area contributed by atoms with Crippen molar-refractivity contribution < 1.29 is 4.79 Å². The third-order valence-corrected chi connectivity index (χ3v) is 1.66. The molecule has 0 spiro atoms. The molecule has 0 unspecified atom stereocenters. The molecule has 0 aliphatic heterocycles. The molecule has 3 heteroatoms. The van der Waals surface area contributed by atoms with Crippen LogP contribution in [-0.4, -0.2) is 30.6 Å². The molecular weight excluding hydrogens is 164 g/mol. The smallest absolute Gasteiger partial charge is 0.250 e. The molecule has 0 rings (SSSR count). The molecular formula is C10H18N2O. The number of carbonyl (C=O) groups is 1. The fourth-order valence-corrected chi connectivity index (χ4v) is 0.980. The average Bonchev–Trinajstić information content (AvgIpc) is 2.13. The van der Waals surface area contributed by atoms with Gasteiger partial charge in [0.05, 0.1) is 0 Å². The molecule has 0 aliphatic carbocycles. The highest BCUT2D eigenvalue weighted by Crippen LogP contribution is 1.99. The average molecular weight is 182 g/mol. The van der Waals surface area contributed by atoms with Crippen molar-refractivity contribution in [3.8, 4) is 0 Å². The zero-order valence-electron chi connectivity index (χ0n) is 8.87. The molecule has 0 bridgehead atoms. The van der Waals surface area contributed by atoms with Crippen molar-refractivity contribution in [3.05, 3.63) is 11.8 Å². The van der Waals surface area contributed by atoms with Gasteiger partial charge in [-0.25, -0.2) is 0 Å². The summed E-state index contributed by atoms with van der Waals surface area (Å²) in [6.45, 7) is 6.44. The van der Waals surface area contributed by atoms with E-state index < -0.39 is 0 Å². The van der Waals surface area contributed by atoms with Gasteiger partial charge in [-0.05, 0) is 20.3 Å². The lowest BCUT2D eigenvalue weighted by atomic mass is 10.3. The first-order valence-corrected chi connectivity index (χ1v) is 4.53. The zero-order chi connectivity index (χ0) is 10.3. The molecule has 0 N–H and O–H groups in total. The first-order valence-electron chi connectivity index (χ1n) is 4.53. The topological polar surface area (TPSA) is 32.7 Å². The Hall–Kier alpha value is -1.12. The van der Waals surface area contributed by atoms with Crippen LogP contribution in [0.2, 0.25) is 0 Å². The van der Waals surface area contributed by atoms with Crippen LogP contribution in [0.5, 0.6) is 0 Å². The van der Waals surface area contributed by atoms with Gasteiger partial charge >= 0.3 is 0 Å². The van der Waals surface area contributed by atoms with Gasteiger partial charge in [0, 0.05) is 31.6 Å². The van der Waals surface area contributed by atoms with Gasteiger partial charge in [0.25, 0.3) is 5.91 Å². The Bertz CT molecular complexity index is 219. The maximum atomic E-state index is 11.5. The molecule has 0 saturated heterocycles. The number of hydrogen-bond acceptors (Lipinski definition) is 2. The Morgan fingerprint density at radius 1 is 1.54 bits per heavy atom. The molecule has 0 atom stereocenters. The van der Waals surface area contributed by atoms with E-state index in [4.69, 9.17) is 0 Å². The van der Waals surface area contributed by atoms with Gasteiger partial charge in [0.2, 0.25) is 0 Å². The van der Waals surface area contributed by atoms with E-state index in [2.05, 4.69) is 4.99 Å². The maximum Gasteiger partial charge on any atom is 0.250 e. The van der Waals surface area contributed by atoms with Crippen LogP contribution in [-0.2, 0) is 4.79 Å². The highest BCUT2D eigenvalue weighted by molar-refractivity contribution is 5.92. The predicted molar refractivity (Wildman–Crippen MR) is 55.9 cm³/mol. The summed E-state index contributed by atoms with van der Waals surface area (Å²) in [7, 11) is 1.80. The second-order valence-electron chi connectivity index (χ2n) is 2.95. The number of nitrogens with zero attached hydrogens (tertiary/aromatic N) is 2. The van der Waals surface area contributed by atoms with Crippen molar-refractivity contribution in [2.45, 2.75) is 27.2 Å². The fourth-order valence-electron chi connectivity index (χ4n) is 0.980. The van der Waals surface area contributed by atoms with E-state index in [0.29, 0.717) is 5.57 Å². The van der Waals surface area contributed by atoms with Crippen molar-refractivity contribution in [1.29, 1.82) is 0 Å². The van der Waals surface area contributed by atoms with Gasteiger partial charge in [-0.3, -0.25) is 9.79 Å². The minimum absolute atomic E-state index is 0.0486. The lowest BCUT2D eigenvalue weighted by Crippen LogP contribution is -2.27. The van der Waals surface area contributed by atoms with Crippen molar-refractivity contribution >= 4 is 12.1 Å². The van der Waals surface area contributed by atoms with E-state index in [1.807, 2.05) is 13.8 Å². The van der Waals surface area contributed by atoms with Gasteiger partial charge in [0.1, 0.15) is 0 Å². The van der Waals surface area contributed by atoms with Crippen molar-refractivity contribution in [1.82, 2.24) is 4.90 Å². The van der Waals surface area contributed by atoms with Crippen LogP contribution in [0.1, 0.15) is 27.2 Å². The second kappa shape index (κ2) is 6.40. The Morgan fingerprint density at radius 2 is 2.15 bits per heavy atom. The first kappa shape index (κ1) is 11.9. The van der Waals surface area contributed by atoms with Gasteiger partial charge in [-0.2, -0.15) is 0 Å². The van der Waals surface area contributed by atoms with Crippen LogP contribution in [0.3, 0.4) is 0 Å². The molecule has 1 amide bonds. The van der Waals surface area contributed by atoms with Crippen LogP contribution in [0.25, 0.3) is 0 Å². The van der Waals surface area contributed by atoms with Crippen LogP contribution in [0.15, 0.2) is 16.8 Å². The Labute approximate surface area is 80.2 Å². The molecule has 74 valence electrons. The van der Waals surface area contributed by atoms with E-state index in [9.17, 15) is 4.79 Å². The third kappa shape index (κ3) is 4.45. The Morgan fingerprint density at radius 3 is 2.62 bits per heavy atom. The van der Waals surface area contributed by atoms with Gasteiger partial charge < -0.3 is 4.90 Å². The monoisotopic (exact) mass is 182 g/mol. The lowest BCUT2D eigenvalue weighted by molar-refractivity contribution is -0.125. The zero-order valence-corrected chi connectivity index (χ0v) is 8.87. The molecule has 0 aromatic heterocycles. The predicted octanol–water partition coefficient (Wildman–Crippen LogP) is 1.85. The molecule has 0 radical (unpaired) electrons. The van der Waals surface area contributed by atoms with Crippen molar-refractivity contribution in [2.75, 3.05) is 13.6 Å². The number of amides is 1. The van der Waals surface area contributed by atoms with Crippen molar-refractivity contribution in [2.24, 2.45) is 4.99 Å². The summed E-state index contributed by atoms with van der Waals surface area (Å²) in [5, 5.41) is 0. The van der Waals surface area contributed by atoms with Crippen LogP contribution in [0.4, 0.5) is 0 Å². The van der Waals surface area contributed by atoms with E-state index >= 15 is 0 Å². The normalized spacial score (nSPS) is 12.2. The van der Waals surface area contributed by atoms with Gasteiger partial charge in [-0.1, -0.05) is 6.92 Å². The molecule has 0 fully saturated rings. The summed E-state index contributed by atoms with van der Waals surface area (Å²) < 4.78 is 0. The molecule has 0 aromatic rings.